The van der Waals surface area contributed by atoms with Crippen LogP contribution in [0.3, 0.4) is 0 Å². The predicted octanol–water partition coefficient (Wildman–Crippen LogP) is 3.29. The third kappa shape index (κ3) is 4.81. The highest BCUT2D eigenvalue weighted by Gasteiger charge is 2.24. The number of carbonyl (C=O) groups excluding carboxylic acids is 2. The van der Waals surface area contributed by atoms with Gasteiger partial charge in [-0.05, 0) is 37.6 Å². The number of nitrogens with one attached hydrogen (secondary N) is 1. The highest BCUT2D eigenvalue weighted by atomic mass is 19.1. The fraction of sp³-hybridized carbons (Fsp3) is 0.263. The molecule has 1 atom stereocenters. The van der Waals surface area contributed by atoms with Crippen molar-refractivity contribution in [1.82, 2.24) is 0 Å². The van der Waals surface area contributed by atoms with Crippen molar-refractivity contribution in [3.63, 3.8) is 0 Å². The minimum Gasteiger partial charge on any atom is -0.449 e. The van der Waals surface area contributed by atoms with Crippen molar-refractivity contribution in [2.45, 2.75) is 20.0 Å². The van der Waals surface area contributed by atoms with Crippen LogP contribution in [0.15, 0.2) is 36.4 Å². The van der Waals surface area contributed by atoms with Crippen LogP contribution in [0.25, 0.3) is 0 Å². The second kappa shape index (κ2) is 8.47. The molecule has 0 aliphatic carbocycles. The molecule has 0 spiro atoms. The molecule has 148 valence electrons. The van der Waals surface area contributed by atoms with Gasteiger partial charge in [-0.15, -0.1) is 0 Å². The highest BCUT2D eigenvalue weighted by molar-refractivity contribution is 6.00. The van der Waals surface area contributed by atoms with Gasteiger partial charge in [0.15, 0.2) is 6.10 Å². The quantitative estimate of drug-likeness (QED) is 0.462. The predicted molar refractivity (Wildman–Crippen MR) is 102 cm³/mol. The van der Waals surface area contributed by atoms with Crippen molar-refractivity contribution in [3.8, 4) is 0 Å². The van der Waals surface area contributed by atoms with Gasteiger partial charge in [0.1, 0.15) is 5.82 Å². The Labute approximate surface area is 161 Å². The van der Waals surface area contributed by atoms with E-state index in [1.54, 1.807) is 25.9 Å². The summed E-state index contributed by atoms with van der Waals surface area (Å²) < 4.78 is 18.7. The van der Waals surface area contributed by atoms with E-state index in [1.165, 1.54) is 31.2 Å². The van der Waals surface area contributed by atoms with E-state index in [9.17, 15) is 24.1 Å². The second-order valence-corrected chi connectivity index (χ2v) is 6.35. The number of ether oxygens (including phenoxy) is 1. The number of esters is 1. The van der Waals surface area contributed by atoms with Crippen LogP contribution in [0.5, 0.6) is 0 Å². The van der Waals surface area contributed by atoms with E-state index < -0.39 is 28.7 Å². The number of hydrogen-bond donors (Lipinski definition) is 1. The minimum atomic E-state index is -1.20. The standard InChI is InChI=1S/C19H20FN3O5/c1-11-5-6-13(9-16(11)20)21-18(24)12(2)28-19(25)15-10-14(23(26)27)7-8-17(15)22(3)4/h5-10,12H,1-4H3,(H,21,24)/t12-/m1/s1. The highest BCUT2D eigenvalue weighted by Crippen LogP contribution is 2.25. The largest absolute Gasteiger partial charge is 0.449 e. The van der Waals surface area contributed by atoms with Gasteiger partial charge in [0, 0.05) is 31.9 Å². The number of halogens is 1. The third-order valence-electron chi connectivity index (χ3n) is 3.99. The number of non-ortho nitro benzene ring substituents is 1. The first-order valence-electron chi connectivity index (χ1n) is 8.34. The molecule has 0 saturated heterocycles. The van der Waals surface area contributed by atoms with Gasteiger partial charge in [-0.1, -0.05) is 6.07 Å². The van der Waals surface area contributed by atoms with Gasteiger partial charge in [0.05, 0.1) is 16.2 Å². The van der Waals surface area contributed by atoms with Crippen LogP contribution >= 0.6 is 0 Å². The Balaban J connectivity index is 2.16. The van der Waals surface area contributed by atoms with E-state index >= 15 is 0 Å². The van der Waals surface area contributed by atoms with Crippen LogP contribution in [0.1, 0.15) is 22.8 Å². The summed E-state index contributed by atoms with van der Waals surface area (Å²) in [4.78, 5) is 36.7. The summed E-state index contributed by atoms with van der Waals surface area (Å²) in [5, 5.41) is 13.4. The number of nitro benzene ring substituents is 1. The molecule has 2 aromatic rings. The maximum atomic E-state index is 13.6. The molecule has 2 aromatic carbocycles. The van der Waals surface area contributed by atoms with Crippen molar-refractivity contribution in [1.29, 1.82) is 0 Å². The normalized spacial score (nSPS) is 11.5. The van der Waals surface area contributed by atoms with Gasteiger partial charge in [0.2, 0.25) is 0 Å². The number of carbonyl (C=O) groups is 2. The van der Waals surface area contributed by atoms with E-state index in [1.807, 2.05) is 0 Å². The maximum Gasteiger partial charge on any atom is 0.341 e. The molecule has 0 saturated carbocycles. The van der Waals surface area contributed by atoms with Gasteiger partial charge < -0.3 is 15.0 Å². The summed E-state index contributed by atoms with van der Waals surface area (Å²) in [7, 11) is 3.33. The molecule has 28 heavy (non-hydrogen) atoms. The van der Waals surface area contributed by atoms with Gasteiger partial charge in [-0.2, -0.15) is 0 Å². The topological polar surface area (TPSA) is 102 Å². The molecule has 2 rings (SSSR count). The SMILES string of the molecule is Cc1ccc(NC(=O)[C@@H](C)OC(=O)c2cc([N+](=O)[O-])ccc2N(C)C)cc1F. The number of benzene rings is 2. The molecule has 9 heteroatoms. The molecule has 0 fully saturated rings. The fourth-order valence-electron chi connectivity index (χ4n) is 2.38. The molecule has 1 N–H and O–H groups in total. The van der Waals surface area contributed by atoms with Crippen LogP contribution in [-0.4, -0.2) is 37.0 Å². The van der Waals surface area contributed by atoms with Crippen LogP contribution in [-0.2, 0) is 9.53 Å². The Kier molecular flexibility index (Phi) is 6.29. The maximum absolute atomic E-state index is 13.6. The molecule has 0 aliphatic heterocycles. The van der Waals surface area contributed by atoms with Gasteiger partial charge >= 0.3 is 5.97 Å². The van der Waals surface area contributed by atoms with Crippen molar-refractivity contribution in [2.24, 2.45) is 0 Å². The molecular weight excluding hydrogens is 369 g/mol. The first-order chi connectivity index (χ1) is 13.1. The smallest absolute Gasteiger partial charge is 0.341 e. The summed E-state index contributed by atoms with van der Waals surface area (Å²) in [5.74, 6) is -2.02. The van der Waals surface area contributed by atoms with Crippen molar-refractivity contribution < 1.29 is 23.6 Å². The summed E-state index contributed by atoms with van der Waals surface area (Å²) in [6.07, 6.45) is -1.20. The fourth-order valence-corrected chi connectivity index (χ4v) is 2.38. The average Bonchev–Trinajstić information content (AvgIpc) is 2.63. The molecule has 0 unspecified atom stereocenters. The number of nitrogens with zero attached hydrogens (tertiary/aromatic N) is 2. The summed E-state index contributed by atoms with van der Waals surface area (Å²) in [6, 6.07) is 7.98. The van der Waals surface area contributed by atoms with E-state index in [2.05, 4.69) is 5.32 Å². The number of amides is 1. The monoisotopic (exact) mass is 389 g/mol. The average molecular weight is 389 g/mol. The zero-order chi connectivity index (χ0) is 21.0. The molecule has 0 heterocycles. The second-order valence-electron chi connectivity index (χ2n) is 6.35. The van der Waals surface area contributed by atoms with Crippen LogP contribution in [0.2, 0.25) is 0 Å². The van der Waals surface area contributed by atoms with Gasteiger partial charge in [-0.3, -0.25) is 14.9 Å². The Bertz CT molecular complexity index is 930. The van der Waals surface area contributed by atoms with E-state index in [0.29, 0.717) is 11.3 Å². The number of nitro groups is 1. The number of hydrogen-bond acceptors (Lipinski definition) is 6. The zero-order valence-electron chi connectivity index (χ0n) is 15.9. The zero-order valence-corrected chi connectivity index (χ0v) is 15.9. The number of rotatable bonds is 6. The first-order valence-corrected chi connectivity index (χ1v) is 8.34. The Morgan fingerprint density at radius 3 is 2.46 bits per heavy atom. The van der Waals surface area contributed by atoms with Gasteiger partial charge in [0.25, 0.3) is 11.6 Å². The lowest BCUT2D eigenvalue weighted by Gasteiger charge is -2.18. The molecule has 0 aromatic heterocycles. The van der Waals surface area contributed by atoms with Crippen molar-refractivity contribution in [2.75, 3.05) is 24.3 Å². The van der Waals surface area contributed by atoms with Crippen LogP contribution in [0, 0.1) is 22.9 Å². The van der Waals surface area contributed by atoms with E-state index in [4.69, 9.17) is 4.74 Å². The molecule has 0 radical (unpaired) electrons. The minimum absolute atomic E-state index is 0.0415. The van der Waals surface area contributed by atoms with E-state index in [0.717, 1.165) is 12.1 Å². The summed E-state index contributed by atoms with van der Waals surface area (Å²) in [5.41, 5.74) is 0.744. The number of anilines is 2. The molecule has 1 amide bonds. The van der Waals surface area contributed by atoms with Gasteiger partial charge in [-0.25, -0.2) is 9.18 Å². The van der Waals surface area contributed by atoms with Crippen LogP contribution in [0.4, 0.5) is 21.5 Å². The lowest BCUT2D eigenvalue weighted by Crippen LogP contribution is -2.30. The molecular formula is C19H20FN3O5. The third-order valence-corrected chi connectivity index (χ3v) is 3.99. The van der Waals surface area contributed by atoms with E-state index in [-0.39, 0.29) is 16.9 Å². The molecule has 8 nitrogen and oxygen atoms in total. The van der Waals surface area contributed by atoms with Crippen molar-refractivity contribution in [3.05, 3.63) is 63.5 Å². The molecule has 0 bridgehead atoms. The Morgan fingerprint density at radius 2 is 1.89 bits per heavy atom. The Hall–Kier alpha value is -3.49. The van der Waals surface area contributed by atoms with Crippen molar-refractivity contribution >= 4 is 28.9 Å². The van der Waals surface area contributed by atoms with Crippen LogP contribution < -0.4 is 10.2 Å². The first kappa shape index (κ1) is 20.8. The Morgan fingerprint density at radius 1 is 1.21 bits per heavy atom. The summed E-state index contributed by atoms with van der Waals surface area (Å²) in [6.45, 7) is 2.94. The lowest BCUT2D eigenvalue weighted by molar-refractivity contribution is -0.384. The molecule has 0 aliphatic rings. The number of aryl methyl sites for hydroxylation is 1. The summed E-state index contributed by atoms with van der Waals surface area (Å²) >= 11 is 0. The lowest BCUT2D eigenvalue weighted by atomic mass is 10.1.